The van der Waals surface area contributed by atoms with Gasteiger partial charge in [0.15, 0.2) is 0 Å². The van der Waals surface area contributed by atoms with Crippen LogP contribution in [0.3, 0.4) is 0 Å². The van der Waals surface area contributed by atoms with Crippen LogP contribution in [0.4, 0.5) is 0 Å². The van der Waals surface area contributed by atoms with Crippen LogP contribution >= 0.6 is 0 Å². The molecule has 0 unspecified atom stereocenters. The van der Waals surface area contributed by atoms with Crippen molar-refractivity contribution in [3.05, 3.63) is 58.8 Å². The van der Waals surface area contributed by atoms with Gasteiger partial charge in [-0.3, -0.25) is 0 Å². The molecule has 2 heteroatoms. The molecule has 0 atom stereocenters. The van der Waals surface area contributed by atoms with Gasteiger partial charge in [-0.15, -0.1) is 0 Å². The third-order valence-corrected chi connectivity index (χ3v) is 6.03. The van der Waals surface area contributed by atoms with Gasteiger partial charge >= 0.3 is 0 Å². The molecule has 2 aliphatic heterocycles. The van der Waals surface area contributed by atoms with E-state index in [2.05, 4.69) is 62.1 Å². The van der Waals surface area contributed by atoms with E-state index in [9.17, 15) is 0 Å². The monoisotopic (exact) mass is 335 g/mol. The summed E-state index contributed by atoms with van der Waals surface area (Å²) >= 11 is 0. The average molecular weight is 335 g/mol. The minimum atomic E-state index is 0.258. The molecule has 1 aromatic carbocycles. The van der Waals surface area contributed by atoms with E-state index >= 15 is 0 Å². The molecule has 0 aromatic heterocycles. The maximum atomic E-state index is 6.25. The number of ether oxygens (including phenoxy) is 1. The van der Waals surface area contributed by atoms with Crippen molar-refractivity contribution in [2.75, 3.05) is 6.61 Å². The molecule has 0 bridgehead atoms. The molecule has 0 amide bonds. The maximum Gasteiger partial charge on any atom is 0.128 e. The molecule has 25 heavy (non-hydrogen) atoms. The lowest BCUT2D eigenvalue weighted by Crippen LogP contribution is -2.54. The van der Waals surface area contributed by atoms with Crippen molar-refractivity contribution in [3.8, 4) is 5.75 Å². The Morgan fingerprint density at radius 2 is 2.08 bits per heavy atom. The van der Waals surface area contributed by atoms with Crippen LogP contribution in [0, 0.1) is 6.92 Å². The first-order valence-corrected chi connectivity index (χ1v) is 9.77. The SMILES string of the molecule is C/C=C1\C/C(=C\CC)C=C2c3ccc(C)cc3OCCC3(CCC3)N21. The highest BCUT2D eigenvalue weighted by Gasteiger charge is 2.46. The van der Waals surface area contributed by atoms with Gasteiger partial charge < -0.3 is 9.64 Å². The van der Waals surface area contributed by atoms with Gasteiger partial charge in [0.05, 0.1) is 12.3 Å². The summed E-state index contributed by atoms with van der Waals surface area (Å²) in [5, 5.41) is 0. The first-order valence-electron chi connectivity index (χ1n) is 9.77. The molecule has 0 N–H and O–H groups in total. The Bertz CT molecular complexity index is 764. The second kappa shape index (κ2) is 6.40. The van der Waals surface area contributed by atoms with Crippen molar-refractivity contribution in [2.45, 2.75) is 64.8 Å². The average Bonchev–Trinajstić information content (AvgIpc) is 2.56. The molecule has 1 spiro atoms. The van der Waals surface area contributed by atoms with E-state index in [0.717, 1.165) is 31.6 Å². The second-order valence-electron chi connectivity index (χ2n) is 7.69. The van der Waals surface area contributed by atoms with Gasteiger partial charge in [-0.25, -0.2) is 0 Å². The molecule has 3 aliphatic rings. The highest BCUT2D eigenvalue weighted by Crippen LogP contribution is 2.51. The van der Waals surface area contributed by atoms with Crippen LogP contribution in [0.15, 0.2) is 47.7 Å². The number of hydrogen-bond acceptors (Lipinski definition) is 2. The smallest absolute Gasteiger partial charge is 0.128 e. The topological polar surface area (TPSA) is 12.5 Å². The molecule has 0 saturated heterocycles. The van der Waals surface area contributed by atoms with Crippen LogP contribution in [0.2, 0.25) is 0 Å². The lowest BCUT2D eigenvalue weighted by molar-refractivity contribution is 0.0583. The zero-order valence-corrected chi connectivity index (χ0v) is 15.8. The fraction of sp³-hybridized carbons (Fsp3) is 0.478. The molecule has 0 radical (unpaired) electrons. The normalized spacial score (nSPS) is 24.8. The molecule has 2 heterocycles. The summed E-state index contributed by atoms with van der Waals surface area (Å²) < 4.78 is 6.25. The number of fused-ring (bicyclic) bond motifs is 4. The minimum absolute atomic E-state index is 0.258. The second-order valence-corrected chi connectivity index (χ2v) is 7.69. The van der Waals surface area contributed by atoms with Crippen LogP contribution in [0.25, 0.3) is 5.70 Å². The summed E-state index contributed by atoms with van der Waals surface area (Å²) in [5.74, 6) is 1.04. The highest BCUT2D eigenvalue weighted by atomic mass is 16.5. The van der Waals surface area contributed by atoms with E-state index in [1.54, 1.807) is 0 Å². The first-order chi connectivity index (χ1) is 12.2. The highest BCUT2D eigenvalue weighted by molar-refractivity contribution is 5.76. The van der Waals surface area contributed by atoms with Crippen molar-refractivity contribution in [1.82, 2.24) is 4.90 Å². The third-order valence-electron chi connectivity index (χ3n) is 6.03. The van der Waals surface area contributed by atoms with Gasteiger partial charge in [-0.2, -0.15) is 0 Å². The zero-order chi connectivity index (χ0) is 17.4. The number of rotatable bonds is 1. The maximum absolute atomic E-state index is 6.25. The van der Waals surface area contributed by atoms with Crippen LogP contribution in [-0.4, -0.2) is 17.0 Å². The molecule has 1 aliphatic carbocycles. The molecule has 1 aromatic rings. The summed E-state index contributed by atoms with van der Waals surface area (Å²) in [7, 11) is 0. The number of allylic oxidation sites excluding steroid dienone is 4. The van der Waals surface area contributed by atoms with Gasteiger partial charge in [0, 0.05) is 29.6 Å². The van der Waals surface area contributed by atoms with Gasteiger partial charge in [-0.05, 0) is 68.9 Å². The van der Waals surface area contributed by atoms with Crippen LogP contribution in [0.1, 0.15) is 63.5 Å². The quantitative estimate of drug-likeness (QED) is 0.625. The standard InChI is InChI=1S/C23H29NO/c1-4-7-18-15-19(5-2)24-21(16-18)20-9-8-17(3)14-22(20)25-13-12-23(24)10-6-11-23/h5,7-9,14,16H,4,6,10-13,15H2,1-3H3/b18-7+,19-5+. The van der Waals surface area contributed by atoms with Gasteiger partial charge in [0.25, 0.3) is 0 Å². The Morgan fingerprint density at radius 3 is 2.76 bits per heavy atom. The Balaban J connectivity index is 1.93. The lowest BCUT2D eigenvalue weighted by Gasteiger charge is -2.55. The Morgan fingerprint density at radius 1 is 1.24 bits per heavy atom. The summed E-state index contributed by atoms with van der Waals surface area (Å²) in [5.41, 5.74) is 7.00. The van der Waals surface area contributed by atoms with Crippen LogP contribution in [0.5, 0.6) is 5.75 Å². The van der Waals surface area contributed by atoms with Crippen LogP contribution < -0.4 is 4.74 Å². The number of benzene rings is 1. The fourth-order valence-corrected chi connectivity index (χ4v) is 4.60. The van der Waals surface area contributed by atoms with Gasteiger partial charge in [-0.1, -0.05) is 25.1 Å². The predicted octanol–water partition coefficient (Wildman–Crippen LogP) is 5.99. The van der Waals surface area contributed by atoms with Crippen molar-refractivity contribution >= 4 is 5.70 Å². The number of nitrogens with zero attached hydrogens (tertiary/aromatic N) is 1. The minimum Gasteiger partial charge on any atom is -0.493 e. The summed E-state index contributed by atoms with van der Waals surface area (Å²) in [6.45, 7) is 7.37. The molecule has 2 nitrogen and oxygen atoms in total. The molecule has 4 rings (SSSR count). The Labute approximate surface area is 151 Å². The summed E-state index contributed by atoms with van der Waals surface area (Å²) in [6, 6.07) is 6.66. The predicted molar refractivity (Wildman–Crippen MR) is 104 cm³/mol. The van der Waals surface area contributed by atoms with Crippen molar-refractivity contribution in [1.29, 1.82) is 0 Å². The molecule has 1 fully saturated rings. The van der Waals surface area contributed by atoms with Gasteiger partial charge in [0.1, 0.15) is 5.75 Å². The van der Waals surface area contributed by atoms with E-state index < -0.39 is 0 Å². The van der Waals surface area contributed by atoms with Crippen molar-refractivity contribution in [2.24, 2.45) is 0 Å². The van der Waals surface area contributed by atoms with Crippen LogP contribution in [-0.2, 0) is 0 Å². The van der Waals surface area contributed by atoms with Crippen molar-refractivity contribution in [3.63, 3.8) is 0 Å². The molecule has 132 valence electrons. The number of hydrogen-bond donors (Lipinski definition) is 0. The van der Waals surface area contributed by atoms with Gasteiger partial charge in [0.2, 0.25) is 0 Å². The lowest BCUT2D eigenvalue weighted by atomic mass is 9.71. The van der Waals surface area contributed by atoms with E-state index in [1.165, 1.54) is 47.4 Å². The largest absolute Gasteiger partial charge is 0.493 e. The zero-order valence-electron chi connectivity index (χ0n) is 15.8. The molecular weight excluding hydrogens is 306 g/mol. The Hall–Kier alpha value is -1.96. The van der Waals surface area contributed by atoms with E-state index in [1.807, 2.05) is 0 Å². The van der Waals surface area contributed by atoms with E-state index in [4.69, 9.17) is 4.74 Å². The molecular formula is C23H29NO. The summed E-state index contributed by atoms with van der Waals surface area (Å²) in [6.07, 6.45) is 14.2. The van der Waals surface area contributed by atoms with E-state index in [0.29, 0.717) is 0 Å². The van der Waals surface area contributed by atoms with E-state index in [-0.39, 0.29) is 5.54 Å². The fourth-order valence-electron chi connectivity index (χ4n) is 4.60. The third kappa shape index (κ3) is 2.72. The first kappa shape index (κ1) is 16.5. The summed E-state index contributed by atoms with van der Waals surface area (Å²) in [4.78, 5) is 2.68. The van der Waals surface area contributed by atoms with Crippen molar-refractivity contribution < 1.29 is 4.74 Å². The number of aryl methyl sites for hydroxylation is 1. The Kier molecular flexibility index (Phi) is 4.23. The molecule has 1 saturated carbocycles.